The number of nitriles is 1. The zero-order valence-corrected chi connectivity index (χ0v) is 12.1. The molecule has 1 aromatic rings. The van der Waals surface area contributed by atoms with E-state index in [1.807, 2.05) is 6.07 Å². The van der Waals surface area contributed by atoms with Crippen LogP contribution in [0.25, 0.3) is 0 Å². The molecule has 0 radical (unpaired) electrons. The Bertz CT molecular complexity index is 538. The summed E-state index contributed by atoms with van der Waals surface area (Å²) < 4.78 is 5.14. The molecule has 0 aliphatic carbocycles. The lowest BCUT2D eigenvalue weighted by molar-refractivity contribution is -0.113. The molecule has 5 heteroatoms. The number of carbonyl (C=O) groups excluding carboxylic acids is 2. The molecule has 1 unspecified atom stereocenters. The molecular weight excluding hydrogens is 256 g/mol. The van der Waals surface area contributed by atoms with E-state index in [2.05, 4.69) is 5.32 Å². The highest BCUT2D eigenvalue weighted by atomic mass is 16.6. The highest BCUT2D eigenvalue weighted by molar-refractivity contribution is 5.78. The van der Waals surface area contributed by atoms with Crippen LogP contribution in [0, 0.1) is 11.3 Å². The molecule has 106 valence electrons. The van der Waals surface area contributed by atoms with Gasteiger partial charge in [-0.25, -0.2) is 4.79 Å². The number of nitrogens with one attached hydrogen (secondary N) is 1. The Kier molecular flexibility index (Phi) is 4.51. The summed E-state index contributed by atoms with van der Waals surface area (Å²) in [5.41, 5.74) is -0.772. The Labute approximate surface area is 118 Å². The first-order chi connectivity index (χ1) is 9.20. The highest BCUT2D eigenvalue weighted by Gasteiger charge is 2.30. The molecule has 1 rings (SSSR count). The van der Waals surface area contributed by atoms with Crippen molar-refractivity contribution in [3.05, 3.63) is 35.4 Å². The Hall–Kier alpha value is -2.35. The van der Waals surface area contributed by atoms with Gasteiger partial charge in [0.2, 0.25) is 0 Å². The number of benzene rings is 1. The van der Waals surface area contributed by atoms with Crippen molar-refractivity contribution >= 4 is 12.4 Å². The molecule has 0 saturated carbocycles. The van der Waals surface area contributed by atoms with Crippen LogP contribution in [0.5, 0.6) is 0 Å². The van der Waals surface area contributed by atoms with Gasteiger partial charge in [0.15, 0.2) is 0 Å². The standard InChI is InChI=1S/C15H18N2O3/c1-14(2,3)20-13(19)17-15(4,10-18)12-7-5-11(9-16)6-8-12/h5-8,10H,1-4H3,(H,17,19). The number of hydrogen-bond acceptors (Lipinski definition) is 4. The second-order valence-corrected chi connectivity index (χ2v) is 5.64. The molecule has 0 aromatic heterocycles. The van der Waals surface area contributed by atoms with E-state index in [1.54, 1.807) is 52.0 Å². The van der Waals surface area contributed by atoms with Crippen molar-refractivity contribution in [2.75, 3.05) is 0 Å². The number of aldehydes is 1. The van der Waals surface area contributed by atoms with Crippen LogP contribution >= 0.6 is 0 Å². The Balaban J connectivity index is 2.94. The van der Waals surface area contributed by atoms with Gasteiger partial charge in [-0.15, -0.1) is 0 Å². The molecule has 1 aromatic carbocycles. The highest BCUT2D eigenvalue weighted by Crippen LogP contribution is 2.20. The SMILES string of the molecule is CC(C)(C)OC(=O)NC(C)(C=O)c1ccc(C#N)cc1. The topological polar surface area (TPSA) is 79.2 Å². The van der Waals surface area contributed by atoms with E-state index in [0.29, 0.717) is 17.4 Å². The molecule has 0 fully saturated rings. The molecule has 0 saturated heterocycles. The zero-order valence-electron chi connectivity index (χ0n) is 12.1. The fourth-order valence-electron chi connectivity index (χ4n) is 1.58. The second-order valence-electron chi connectivity index (χ2n) is 5.64. The van der Waals surface area contributed by atoms with Gasteiger partial charge < -0.3 is 14.8 Å². The van der Waals surface area contributed by atoms with Gasteiger partial charge in [-0.2, -0.15) is 5.26 Å². The molecule has 20 heavy (non-hydrogen) atoms. The maximum Gasteiger partial charge on any atom is 0.408 e. The van der Waals surface area contributed by atoms with E-state index in [-0.39, 0.29) is 0 Å². The van der Waals surface area contributed by atoms with Crippen LogP contribution in [-0.2, 0) is 15.1 Å². The molecule has 5 nitrogen and oxygen atoms in total. The van der Waals surface area contributed by atoms with Crippen molar-refractivity contribution in [1.82, 2.24) is 5.32 Å². The van der Waals surface area contributed by atoms with E-state index >= 15 is 0 Å². The summed E-state index contributed by atoms with van der Waals surface area (Å²) in [6.07, 6.45) is -0.0327. The van der Waals surface area contributed by atoms with Gasteiger partial charge in [0.05, 0.1) is 11.6 Å². The van der Waals surface area contributed by atoms with Crippen molar-refractivity contribution in [2.45, 2.75) is 38.8 Å². The number of ether oxygens (including phenoxy) is 1. The monoisotopic (exact) mass is 274 g/mol. The van der Waals surface area contributed by atoms with Crippen LogP contribution in [0.2, 0.25) is 0 Å². The van der Waals surface area contributed by atoms with Crippen LogP contribution in [0.3, 0.4) is 0 Å². The predicted octanol–water partition coefficient (Wildman–Crippen LogP) is 2.50. The first-order valence-corrected chi connectivity index (χ1v) is 6.18. The smallest absolute Gasteiger partial charge is 0.408 e. The minimum Gasteiger partial charge on any atom is -0.444 e. The molecule has 0 aliphatic rings. The van der Waals surface area contributed by atoms with E-state index in [1.165, 1.54) is 0 Å². The molecule has 0 spiro atoms. The summed E-state index contributed by atoms with van der Waals surface area (Å²) in [4.78, 5) is 23.1. The van der Waals surface area contributed by atoms with Crippen molar-refractivity contribution in [1.29, 1.82) is 5.26 Å². The third kappa shape index (κ3) is 4.09. The van der Waals surface area contributed by atoms with Gasteiger partial charge in [-0.1, -0.05) is 12.1 Å². The van der Waals surface area contributed by atoms with E-state index < -0.39 is 17.2 Å². The number of alkyl carbamates (subject to hydrolysis) is 1. The lowest BCUT2D eigenvalue weighted by Crippen LogP contribution is -2.46. The summed E-state index contributed by atoms with van der Waals surface area (Å²) in [5.74, 6) is 0. The fraction of sp³-hybridized carbons (Fsp3) is 0.400. The first kappa shape index (κ1) is 15.7. The summed E-state index contributed by atoms with van der Waals surface area (Å²) in [6, 6.07) is 8.44. The molecule has 0 bridgehead atoms. The lowest BCUT2D eigenvalue weighted by atomic mass is 9.93. The van der Waals surface area contributed by atoms with Gasteiger partial charge in [0.25, 0.3) is 0 Å². The van der Waals surface area contributed by atoms with E-state index in [0.717, 1.165) is 0 Å². The number of nitrogens with zero attached hydrogens (tertiary/aromatic N) is 1. The van der Waals surface area contributed by atoms with Gasteiger partial charge in [-0.3, -0.25) is 0 Å². The third-order valence-corrected chi connectivity index (χ3v) is 2.61. The summed E-state index contributed by atoms with van der Waals surface area (Å²) >= 11 is 0. The maximum atomic E-state index is 11.8. The fourth-order valence-corrected chi connectivity index (χ4v) is 1.58. The number of carbonyl (C=O) groups is 2. The maximum absolute atomic E-state index is 11.8. The normalized spacial score (nSPS) is 13.8. The van der Waals surface area contributed by atoms with Gasteiger partial charge in [0, 0.05) is 0 Å². The van der Waals surface area contributed by atoms with Crippen molar-refractivity contribution in [3.8, 4) is 6.07 Å². The lowest BCUT2D eigenvalue weighted by Gasteiger charge is -2.27. The molecule has 1 amide bonds. The second kappa shape index (κ2) is 5.74. The number of amides is 1. The molecular formula is C15H18N2O3. The Morgan fingerprint density at radius 1 is 1.25 bits per heavy atom. The van der Waals surface area contributed by atoms with Crippen LogP contribution in [0.4, 0.5) is 4.79 Å². The molecule has 0 aliphatic heterocycles. The molecule has 1 N–H and O–H groups in total. The minimum atomic E-state index is -1.20. The summed E-state index contributed by atoms with van der Waals surface area (Å²) in [7, 11) is 0. The van der Waals surface area contributed by atoms with E-state index in [4.69, 9.17) is 10.00 Å². The van der Waals surface area contributed by atoms with Crippen LogP contribution in [0.1, 0.15) is 38.8 Å². The zero-order chi connectivity index (χ0) is 15.4. The van der Waals surface area contributed by atoms with Crippen LogP contribution < -0.4 is 5.32 Å². The summed E-state index contributed by atoms with van der Waals surface area (Å²) in [6.45, 7) is 6.80. The number of rotatable bonds is 3. The first-order valence-electron chi connectivity index (χ1n) is 6.18. The summed E-state index contributed by atoms with van der Waals surface area (Å²) in [5, 5.41) is 11.3. The van der Waals surface area contributed by atoms with Crippen LogP contribution in [-0.4, -0.2) is 18.0 Å². The minimum absolute atomic E-state index is 0.485. The van der Waals surface area contributed by atoms with Crippen molar-refractivity contribution < 1.29 is 14.3 Å². The predicted molar refractivity (Wildman–Crippen MR) is 73.9 cm³/mol. The van der Waals surface area contributed by atoms with E-state index in [9.17, 15) is 9.59 Å². The third-order valence-electron chi connectivity index (χ3n) is 2.61. The largest absolute Gasteiger partial charge is 0.444 e. The number of hydrogen-bond donors (Lipinski definition) is 1. The average molecular weight is 274 g/mol. The van der Waals surface area contributed by atoms with Gasteiger partial charge in [-0.05, 0) is 45.4 Å². The quantitative estimate of drug-likeness (QED) is 0.859. The Morgan fingerprint density at radius 2 is 1.80 bits per heavy atom. The van der Waals surface area contributed by atoms with Crippen molar-refractivity contribution in [3.63, 3.8) is 0 Å². The van der Waals surface area contributed by atoms with Gasteiger partial charge >= 0.3 is 6.09 Å². The molecule has 1 atom stereocenters. The van der Waals surface area contributed by atoms with Gasteiger partial charge in [0.1, 0.15) is 17.4 Å². The van der Waals surface area contributed by atoms with Crippen LogP contribution in [0.15, 0.2) is 24.3 Å². The molecule has 0 heterocycles. The van der Waals surface area contributed by atoms with Crippen molar-refractivity contribution in [2.24, 2.45) is 0 Å². The Morgan fingerprint density at radius 3 is 2.20 bits per heavy atom. The average Bonchev–Trinajstić information content (AvgIpc) is 2.36.